The van der Waals surface area contributed by atoms with Gasteiger partial charge in [0.1, 0.15) is 6.04 Å². The number of nitrogens with two attached hydrogens (primary N) is 1. The molecule has 5 nitrogen and oxygen atoms in total. The van der Waals surface area contributed by atoms with Crippen LogP contribution in [0.1, 0.15) is 18.4 Å². The molecule has 3 N–H and O–H groups in total. The monoisotopic (exact) mass is 294 g/mol. The number of nitrogens with zero attached hydrogens (tertiary/aromatic N) is 1. The maximum atomic E-state index is 11.5. The normalized spacial score (nSPS) is 18.6. The predicted octanol–water partition coefficient (Wildman–Crippen LogP) is 1.89. The van der Waals surface area contributed by atoms with Gasteiger partial charge in [-0.25, -0.2) is 4.79 Å². The van der Waals surface area contributed by atoms with Crippen LogP contribution in [0.15, 0.2) is 24.3 Å². The largest absolute Gasteiger partial charge is 0.478 e. The van der Waals surface area contributed by atoms with Crippen molar-refractivity contribution in [3.8, 4) is 0 Å². The number of aliphatic carboxylic acids is 1. The predicted molar refractivity (Wildman–Crippen MR) is 77.7 cm³/mol. The van der Waals surface area contributed by atoms with E-state index >= 15 is 0 Å². The Hall–Kier alpha value is -2.01. The Morgan fingerprint density at radius 3 is 2.85 bits per heavy atom. The highest BCUT2D eigenvalue weighted by Crippen LogP contribution is 2.31. The lowest BCUT2D eigenvalue weighted by molar-refractivity contribution is -0.131. The standard InChI is InChI=1S/C14H15ClN2O3/c15-10-5-3-9(4-6-13(18)19)12(8-10)17-7-1-2-11(17)14(16)20/h3-6,8,11H,1-2,7H2,(H2,16,20)(H,18,19)/b6-4+. The van der Waals surface area contributed by atoms with E-state index in [1.807, 2.05) is 4.90 Å². The summed E-state index contributed by atoms with van der Waals surface area (Å²) in [5.41, 5.74) is 6.84. The Morgan fingerprint density at radius 1 is 1.45 bits per heavy atom. The fourth-order valence-electron chi connectivity index (χ4n) is 2.42. The van der Waals surface area contributed by atoms with E-state index in [1.54, 1.807) is 18.2 Å². The summed E-state index contributed by atoms with van der Waals surface area (Å²) in [6.45, 7) is 0.696. The first kappa shape index (κ1) is 14.4. The van der Waals surface area contributed by atoms with Crippen LogP contribution in [0.5, 0.6) is 0 Å². The second kappa shape index (κ2) is 5.96. The molecule has 1 fully saturated rings. The minimum atomic E-state index is -1.03. The fourth-order valence-corrected chi connectivity index (χ4v) is 2.58. The second-order valence-corrected chi connectivity index (χ2v) is 5.06. The van der Waals surface area contributed by atoms with Crippen molar-refractivity contribution in [2.75, 3.05) is 11.4 Å². The third-order valence-corrected chi connectivity index (χ3v) is 3.52. The van der Waals surface area contributed by atoms with Crippen molar-refractivity contribution in [3.05, 3.63) is 34.9 Å². The van der Waals surface area contributed by atoms with Crippen LogP contribution in [-0.2, 0) is 9.59 Å². The minimum absolute atomic E-state index is 0.370. The zero-order valence-electron chi connectivity index (χ0n) is 10.8. The number of carboxylic acid groups (broad SMARTS) is 1. The molecular weight excluding hydrogens is 280 g/mol. The Labute approximate surface area is 121 Å². The quantitative estimate of drug-likeness (QED) is 0.831. The number of carbonyl (C=O) groups excluding carboxylic acids is 1. The van der Waals surface area contributed by atoms with Crippen LogP contribution in [0.2, 0.25) is 5.02 Å². The van der Waals surface area contributed by atoms with Gasteiger partial charge in [0.15, 0.2) is 0 Å². The lowest BCUT2D eigenvalue weighted by Gasteiger charge is -2.26. The van der Waals surface area contributed by atoms with Crippen molar-refractivity contribution in [2.45, 2.75) is 18.9 Å². The molecule has 20 heavy (non-hydrogen) atoms. The molecule has 0 bridgehead atoms. The van der Waals surface area contributed by atoms with E-state index in [9.17, 15) is 9.59 Å². The van der Waals surface area contributed by atoms with Crippen molar-refractivity contribution >= 4 is 35.2 Å². The maximum Gasteiger partial charge on any atom is 0.328 e. The summed E-state index contributed by atoms with van der Waals surface area (Å²) >= 11 is 6.00. The maximum absolute atomic E-state index is 11.5. The van der Waals surface area contributed by atoms with Gasteiger partial charge in [-0.3, -0.25) is 4.79 Å². The first-order valence-electron chi connectivity index (χ1n) is 6.25. The van der Waals surface area contributed by atoms with Gasteiger partial charge >= 0.3 is 5.97 Å². The molecule has 6 heteroatoms. The van der Waals surface area contributed by atoms with Crippen LogP contribution < -0.4 is 10.6 Å². The lowest BCUT2D eigenvalue weighted by Crippen LogP contribution is -2.40. The first-order chi connectivity index (χ1) is 9.49. The third-order valence-electron chi connectivity index (χ3n) is 3.29. The number of benzene rings is 1. The number of rotatable bonds is 4. The topological polar surface area (TPSA) is 83.6 Å². The third kappa shape index (κ3) is 3.11. The van der Waals surface area contributed by atoms with Gasteiger partial charge in [0, 0.05) is 23.3 Å². The Morgan fingerprint density at radius 2 is 2.20 bits per heavy atom. The molecule has 1 heterocycles. The van der Waals surface area contributed by atoms with Gasteiger partial charge in [-0.15, -0.1) is 0 Å². The van der Waals surface area contributed by atoms with E-state index in [0.717, 1.165) is 18.2 Å². The van der Waals surface area contributed by atoms with Gasteiger partial charge in [-0.05, 0) is 36.6 Å². The zero-order valence-corrected chi connectivity index (χ0v) is 11.5. The number of carboxylic acids is 1. The summed E-state index contributed by atoms with van der Waals surface area (Å²) in [6, 6.07) is 4.77. The van der Waals surface area contributed by atoms with Crippen molar-refractivity contribution in [2.24, 2.45) is 5.73 Å². The van der Waals surface area contributed by atoms with Gasteiger partial charge in [0.25, 0.3) is 0 Å². The van der Waals surface area contributed by atoms with E-state index < -0.39 is 5.97 Å². The van der Waals surface area contributed by atoms with E-state index in [4.69, 9.17) is 22.4 Å². The molecule has 0 saturated carbocycles. The number of anilines is 1. The second-order valence-electron chi connectivity index (χ2n) is 4.63. The highest BCUT2D eigenvalue weighted by Gasteiger charge is 2.30. The van der Waals surface area contributed by atoms with Crippen molar-refractivity contribution in [1.82, 2.24) is 0 Å². The smallest absolute Gasteiger partial charge is 0.328 e. The molecule has 1 amide bonds. The van der Waals surface area contributed by atoms with Crippen LogP contribution in [0.3, 0.4) is 0 Å². The molecule has 0 aliphatic carbocycles. The SMILES string of the molecule is NC(=O)C1CCCN1c1cc(Cl)ccc1/C=C/C(=O)O. The van der Waals surface area contributed by atoms with E-state index in [2.05, 4.69) is 0 Å². The summed E-state index contributed by atoms with van der Waals surface area (Å²) < 4.78 is 0. The van der Waals surface area contributed by atoms with Crippen molar-refractivity contribution in [3.63, 3.8) is 0 Å². The summed E-state index contributed by atoms with van der Waals surface area (Å²) in [5, 5.41) is 9.26. The van der Waals surface area contributed by atoms with Crippen LogP contribution in [-0.4, -0.2) is 29.6 Å². The molecule has 2 rings (SSSR count). The molecule has 1 aliphatic heterocycles. The Balaban J connectivity index is 2.41. The zero-order chi connectivity index (χ0) is 14.7. The van der Waals surface area contributed by atoms with Gasteiger partial charge in [0.05, 0.1) is 0 Å². The number of hydrogen-bond donors (Lipinski definition) is 2. The summed E-state index contributed by atoms with van der Waals surface area (Å²) in [5.74, 6) is -1.41. The Kier molecular flexibility index (Phi) is 4.29. The molecule has 1 aromatic carbocycles. The van der Waals surface area contributed by atoms with Crippen LogP contribution >= 0.6 is 11.6 Å². The van der Waals surface area contributed by atoms with E-state index in [1.165, 1.54) is 6.08 Å². The fraction of sp³-hybridized carbons (Fsp3) is 0.286. The average molecular weight is 295 g/mol. The van der Waals surface area contributed by atoms with Crippen LogP contribution in [0.4, 0.5) is 5.69 Å². The van der Waals surface area contributed by atoms with Crippen LogP contribution in [0, 0.1) is 0 Å². The van der Waals surface area contributed by atoms with Gasteiger partial charge in [-0.2, -0.15) is 0 Å². The molecule has 106 valence electrons. The van der Waals surface area contributed by atoms with Gasteiger partial charge in [0.2, 0.25) is 5.91 Å². The number of halogens is 1. The molecule has 0 spiro atoms. The molecule has 1 unspecified atom stereocenters. The van der Waals surface area contributed by atoms with Crippen LogP contribution in [0.25, 0.3) is 6.08 Å². The number of carbonyl (C=O) groups is 2. The van der Waals surface area contributed by atoms with Crippen molar-refractivity contribution in [1.29, 1.82) is 0 Å². The van der Waals surface area contributed by atoms with E-state index in [-0.39, 0.29) is 11.9 Å². The average Bonchev–Trinajstić information content (AvgIpc) is 2.86. The highest BCUT2D eigenvalue weighted by atomic mass is 35.5. The Bertz CT molecular complexity index is 572. The van der Waals surface area contributed by atoms with Crippen molar-refractivity contribution < 1.29 is 14.7 Å². The molecule has 1 aromatic rings. The summed E-state index contributed by atoms with van der Waals surface area (Å²) in [6.07, 6.45) is 4.11. The number of primary amides is 1. The molecular formula is C14H15ClN2O3. The molecule has 0 aromatic heterocycles. The number of amides is 1. The molecule has 0 radical (unpaired) electrons. The first-order valence-corrected chi connectivity index (χ1v) is 6.63. The van der Waals surface area contributed by atoms with E-state index in [0.29, 0.717) is 23.6 Å². The lowest BCUT2D eigenvalue weighted by atomic mass is 10.1. The number of hydrogen-bond acceptors (Lipinski definition) is 3. The molecule has 1 aliphatic rings. The minimum Gasteiger partial charge on any atom is -0.478 e. The summed E-state index contributed by atoms with van der Waals surface area (Å²) in [7, 11) is 0. The summed E-state index contributed by atoms with van der Waals surface area (Å²) in [4.78, 5) is 24.0. The van der Waals surface area contributed by atoms with Gasteiger partial charge in [-0.1, -0.05) is 17.7 Å². The van der Waals surface area contributed by atoms with Gasteiger partial charge < -0.3 is 15.7 Å². The highest BCUT2D eigenvalue weighted by molar-refractivity contribution is 6.31. The molecule has 1 atom stereocenters. The molecule has 1 saturated heterocycles.